The molecule has 0 saturated carbocycles. The summed E-state index contributed by atoms with van der Waals surface area (Å²) in [5, 5.41) is 4.08. The third kappa shape index (κ3) is 4.64. The Kier molecular flexibility index (Phi) is 6.00. The lowest BCUT2D eigenvalue weighted by atomic mass is 9.73. The van der Waals surface area contributed by atoms with Crippen LogP contribution in [0.5, 0.6) is 0 Å². The highest BCUT2D eigenvalue weighted by molar-refractivity contribution is 5.77. The van der Waals surface area contributed by atoms with E-state index in [2.05, 4.69) is 47.6 Å². The molecule has 0 radical (unpaired) electrons. The summed E-state index contributed by atoms with van der Waals surface area (Å²) in [6.45, 7) is 13.2. The minimum absolute atomic E-state index is 0.240. The average molecular weight is 363 g/mol. The van der Waals surface area contributed by atoms with Crippen LogP contribution in [0, 0.1) is 11.3 Å². The van der Waals surface area contributed by atoms with Crippen molar-refractivity contribution in [1.82, 2.24) is 19.9 Å². The van der Waals surface area contributed by atoms with Crippen molar-refractivity contribution in [3.63, 3.8) is 0 Å². The quantitative estimate of drug-likeness (QED) is 0.776. The van der Waals surface area contributed by atoms with Crippen LogP contribution in [-0.4, -0.2) is 52.0 Å². The molecule has 2 aliphatic heterocycles. The van der Waals surface area contributed by atoms with Crippen LogP contribution in [0.2, 0.25) is 0 Å². The number of rotatable bonds is 6. The highest BCUT2D eigenvalue weighted by Gasteiger charge is 2.41. The van der Waals surface area contributed by atoms with Crippen molar-refractivity contribution in [2.24, 2.45) is 11.3 Å². The Morgan fingerprint density at radius 2 is 2.00 bits per heavy atom. The zero-order valence-corrected chi connectivity index (χ0v) is 16.8. The summed E-state index contributed by atoms with van der Waals surface area (Å²) < 4.78 is 5.44. The molecule has 2 saturated heterocycles. The number of aromatic nitrogens is 2. The molecule has 0 bridgehead atoms. The maximum Gasteiger partial charge on any atom is 0.240 e. The van der Waals surface area contributed by atoms with Crippen LogP contribution in [-0.2, 0) is 11.3 Å². The Balaban J connectivity index is 1.61. The molecular formula is C20H34N4O2. The summed E-state index contributed by atoms with van der Waals surface area (Å²) in [7, 11) is 0. The third-order valence-electron chi connectivity index (χ3n) is 5.82. The molecule has 0 aliphatic carbocycles. The molecule has 1 atom stereocenters. The molecule has 1 amide bonds. The number of likely N-dealkylation sites (tertiary alicyclic amines) is 2. The van der Waals surface area contributed by atoms with E-state index >= 15 is 0 Å². The van der Waals surface area contributed by atoms with Crippen molar-refractivity contribution >= 4 is 5.91 Å². The zero-order valence-electron chi connectivity index (χ0n) is 16.8. The molecule has 3 heterocycles. The number of carbonyl (C=O) groups is 1. The summed E-state index contributed by atoms with van der Waals surface area (Å²) in [6.07, 6.45) is 5.20. The summed E-state index contributed by atoms with van der Waals surface area (Å²) in [4.78, 5) is 21.4. The van der Waals surface area contributed by atoms with E-state index in [0.717, 1.165) is 51.4 Å². The standard InChI is InChI=1S/C20H34N4O2/c1-15(2)7-11-24-14-20(9-6-18(24)25)8-5-10-23(13-20)12-17-21-19(16(3)4)22-26-17/h15-16H,5-14H2,1-4H3. The predicted molar refractivity (Wildman–Crippen MR) is 101 cm³/mol. The van der Waals surface area contributed by atoms with E-state index in [4.69, 9.17) is 4.52 Å². The van der Waals surface area contributed by atoms with Gasteiger partial charge in [0.2, 0.25) is 11.8 Å². The molecule has 26 heavy (non-hydrogen) atoms. The number of hydrogen-bond donors (Lipinski definition) is 0. The van der Waals surface area contributed by atoms with Crippen LogP contribution >= 0.6 is 0 Å². The second kappa shape index (κ2) is 8.07. The fraction of sp³-hybridized carbons (Fsp3) is 0.850. The molecule has 3 rings (SSSR count). The first kappa shape index (κ1) is 19.3. The summed E-state index contributed by atoms with van der Waals surface area (Å²) in [6, 6.07) is 0. The Hall–Kier alpha value is -1.43. The van der Waals surface area contributed by atoms with E-state index < -0.39 is 0 Å². The van der Waals surface area contributed by atoms with E-state index in [-0.39, 0.29) is 5.41 Å². The first-order valence-electron chi connectivity index (χ1n) is 10.2. The summed E-state index contributed by atoms with van der Waals surface area (Å²) >= 11 is 0. The van der Waals surface area contributed by atoms with Crippen molar-refractivity contribution in [3.8, 4) is 0 Å². The summed E-state index contributed by atoms with van der Waals surface area (Å²) in [5.41, 5.74) is 0.240. The van der Waals surface area contributed by atoms with Crippen molar-refractivity contribution in [3.05, 3.63) is 11.7 Å². The van der Waals surface area contributed by atoms with Crippen LogP contribution in [0.25, 0.3) is 0 Å². The monoisotopic (exact) mass is 362 g/mol. The topological polar surface area (TPSA) is 62.5 Å². The Bertz CT molecular complexity index is 613. The van der Waals surface area contributed by atoms with E-state index in [1.807, 2.05) is 0 Å². The van der Waals surface area contributed by atoms with Gasteiger partial charge in [0.25, 0.3) is 0 Å². The van der Waals surface area contributed by atoms with Crippen LogP contribution in [0.15, 0.2) is 4.52 Å². The molecule has 6 nitrogen and oxygen atoms in total. The first-order chi connectivity index (χ1) is 12.4. The van der Waals surface area contributed by atoms with Gasteiger partial charge < -0.3 is 9.42 Å². The lowest BCUT2D eigenvalue weighted by Gasteiger charge is -2.48. The lowest BCUT2D eigenvalue weighted by molar-refractivity contribution is -0.139. The molecule has 6 heteroatoms. The molecule has 1 aromatic rings. The van der Waals surface area contributed by atoms with Crippen molar-refractivity contribution in [1.29, 1.82) is 0 Å². The number of piperidine rings is 2. The number of amides is 1. The normalized spacial score (nSPS) is 25.0. The van der Waals surface area contributed by atoms with Gasteiger partial charge in [-0.3, -0.25) is 9.69 Å². The van der Waals surface area contributed by atoms with E-state index in [1.54, 1.807) is 0 Å². The van der Waals surface area contributed by atoms with Gasteiger partial charge in [0.15, 0.2) is 5.82 Å². The van der Waals surface area contributed by atoms with E-state index in [1.165, 1.54) is 12.8 Å². The van der Waals surface area contributed by atoms with Crippen LogP contribution < -0.4 is 0 Å². The van der Waals surface area contributed by atoms with Gasteiger partial charge in [-0.05, 0) is 38.1 Å². The highest BCUT2D eigenvalue weighted by Crippen LogP contribution is 2.39. The van der Waals surface area contributed by atoms with Gasteiger partial charge in [0.1, 0.15) is 0 Å². The number of carbonyl (C=O) groups excluding carboxylic acids is 1. The zero-order chi connectivity index (χ0) is 18.7. The van der Waals surface area contributed by atoms with Gasteiger partial charge >= 0.3 is 0 Å². The first-order valence-corrected chi connectivity index (χ1v) is 10.2. The van der Waals surface area contributed by atoms with Gasteiger partial charge in [-0.15, -0.1) is 0 Å². The SMILES string of the molecule is CC(C)CCN1CC2(CCCN(Cc3nc(C(C)C)no3)C2)CCC1=O. The van der Waals surface area contributed by atoms with Crippen molar-refractivity contribution in [2.45, 2.75) is 72.3 Å². The van der Waals surface area contributed by atoms with Gasteiger partial charge in [-0.1, -0.05) is 32.9 Å². The van der Waals surface area contributed by atoms with Gasteiger partial charge in [0.05, 0.1) is 6.54 Å². The molecule has 1 spiro atoms. The lowest BCUT2D eigenvalue weighted by Crippen LogP contribution is -2.54. The van der Waals surface area contributed by atoms with Gasteiger partial charge in [-0.25, -0.2) is 0 Å². The smallest absolute Gasteiger partial charge is 0.240 e. The largest absolute Gasteiger partial charge is 0.342 e. The van der Waals surface area contributed by atoms with Gasteiger partial charge in [0, 0.05) is 37.4 Å². The molecule has 146 valence electrons. The molecule has 1 unspecified atom stereocenters. The highest BCUT2D eigenvalue weighted by atomic mass is 16.5. The molecule has 0 aromatic carbocycles. The third-order valence-corrected chi connectivity index (χ3v) is 5.82. The number of nitrogens with zero attached hydrogens (tertiary/aromatic N) is 4. The minimum atomic E-state index is 0.240. The molecular weight excluding hydrogens is 328 g/mol. The maximum absolute atomic E-state index is 12.4. The average Bonchev–Trinajstić information content (AvgIpc) is 3.05. The summed E-state index contributed by atoms with van der Waals surface area (Å²) in [5.74, 6) is 2.77. The van der Waals surface area contributed by atoms with Crippen LogP contribution in [0.1, 0.15) is 77.4 Å². The number of hydrogen-bond acceptors (Lipinski definition) is 5. The molecule has 2 fully saturated rings. The van der Waals surface area contributed by atoms with E-state index in [0.29, 0.717) is 30.1 Å². The fourth-order valence-electron chi connectivity index (χ4n) is 4.26. The second-order valence-electron chi connectivity index (χ2n) is 9.01. The minimum Gasteiger partial charge on any atom is -0.342 e. The van der Waals surface area contributed by atoms with E-state index in [9.17, 15) is 4.79 Å². The Morgan fingerprint density at radius 1 is 1.19 bits per heavy atom. The Labute approximate surface area is 157 Å². The second-order valence-corrected chi connectivity index (χ2v) is 9.01. The predicted octanol–water partition coefficient (Wildman–Crippen LogP) is 3.44. The maximum atomic E-state index is 12.4. The fourth-order valence-corrected chi connectivity index (χ4v) is 4.26. The molecule has 1 aromatic heterocycles. The molecule has 2 aliphatic rings. The van der Waals surface area contributed by atoms with Gasteiger partial charge in [-0.2, -0.15) is 4.98 Å². The van der Waals surface area contributed by atoms with Crippen molar-refractivity contribution in [2.75, 3.05) is 26.2 Å². The van der Waals surface area contributed by atoms with Crippen molar-refractivity contribution < 1.29 is 9.32 Å². The van der Waals surface area contributed by atoms with Crippen LogP contribution in [0.4, 0.5) is 0 Å². The van der Waals surface area contributed by atoms with Crippen LogP contribution in [0.3, 0.4) is 0 Å². The Morgan fingerprint density at radius 3 is 2.69 bits per heavy atom. The molecule has 0 N–H and O–H groups in total.